The van der Waals surface area contributed by atoms with Gasteiger partial charge >= 0.3 is 6.18 Å². The second-order valence-corrected chi connectivity index (χ2v) is 6.95. The maximum absolute atomic E-state index is 13.1. The summed E-state index contributed by atoms with van der Waals surface area (Å²) in [5.74, 6) is -1.17. The van der Waals surface area contributed by atoms with Crippen LogP contribution in [0.15, 0.2) is 11.4 Å². The van der Waals surface area contributed by atoms with Crippen LogP contribution in [0.5, 0.6) is 0 Å². The minimum Gasteiger partial charge on any atom is -0.307 e. The van der Waals surface area contributed by atoms with Gasteiger partial charge in [-0.1, -0.05) is 12.8 Å². The van der Waals surface area contributed by atoms with Gasteiger partial charge in [-0.15, -0.1) is 11.3 Å². The Bertz CT molecular complexity index is 454. The van der Waals surface area contributed by atoms with Crippen molar-refractivity contribution in [3.05, 3.63) is 21.9 Å². The number of aryl methyl sites for hydroxylation is 1. The van der Waals surface area contributed by atoms with E-state index in [-0.39, 0.29) is 12.5 Å². The van der Waals surface area contributed by atoms with E-state index in [4.69, 9.17) is 0 Å². The van der Waals surface area contributed by atoms with Crippen LogP contribution in [-0.4, -0.2) is 12.2 Å². The lowest BCUT2D eigenvalue weighted by Crippen LogP contribution is -2.47. The van der Waals surface area contributed by atoms with Crippen molar-refractivity contribution in [1.82, 2.24) is 5.32 Å². The largest absolute Gasteiger partial charge is 0.393 e. The van der Waals surface area contributed by atoms with Gasteiger partial charge in [-0.05, 0) is 49.1 Å². The van der Waals surface area contributed by atoms with Crippen molar-refractivity contribution in [3.63, 3.8) is 0 Å². The zero-order chi connectivity index (χ0) is 14.2. The molecule has 3 unspecified atom stereocenters. The molecule has 0 aromatic carbocycles. The third-order valence-electron chi connectivity index (χ3n) is 4.65. The average molecular weight is 303 g/mol. The first-order valence-corrected chi connectivity index (χ1v) is 8.32. The lowest BCUT2D eigenvalue weighted by molar-refractivity contribution is -0.189. The minimum atomic E-state index is -4.07. The first-order valence-electron chi connectivity index (χ1n) is 7.45. The number of fused-ring (bicyclic) bond motifs is 1. The number of rotatable bonds is 2. The Labute approximate surface area is 121 Å². The monoisotopic (exact) mass is 303 g/mol. The van der Waals surface area contributed by atoms with Crippen molar-refractivity contribution >= 4 is 11.3 Å². The van der Waals surface area contributed by atoms with Crippen LogP contribution >= 0.6 is 11.3 Å². The number of alkyl halides is 3. The Morgan fingerprint density at radius 3 is 2.70 bits per heavy atom. The van der Waals surface area contributed by atoms with Gasteiger partial charge in [0.15, 0.2) is 0 Å². The van der Waals surface area contributed by atoms with Crippen molar-refractivity contribution in [2.24, 2.45) is 5.92 Å². The molecule has 5 heteroatoms. The maximum Gasteiger partial charge on any atom is 0.393 e. The van der Waals surface area contributed by atoms with Crippen molar-refractivity contribution in [2.75, 3.05) is 0 Å². The van der Waals surface area contributed by atoms with E-state index >= 15 is 0 Å². The van der Waals surface area contributed by atoms with E-state index in [2.05, 4.69) is 16.8 Å². The van der Waals surface area contributed by atoms with E-state index in [0.29, 0.717) is 12.8 Å². The van der Waals surface area contributed by atoms with Crippen molar-refractivity contribution in [1.29, 1.82) is 0 Å². The molecule has 1 N–H and O–H groups in total. The van der Waals surface area contributed by atoms with E-state index in [1.165, 1.54) is 10.4 Å². The first-order chi connectivity index (χ1) is 9.55. The van der Waals surface area contributed by atoms with Crippen molar-refractivity contribution in [3.8, 4) is 0 Å². The predicted molar refractivity (Wildman–Crippen MR) is 74.9 cm³/mol. The highest BCUT2D eigenvalue weighted by Crippen LogP contribution is 2.40. The molecule has 0 spiro atoms. The van der Waals surface area contributed by atoms with Gasteiger partial charge in [-0.25, -0.2) is 0 Å². The molecule has 1 nitrogen and oxygen atoms in total. The first kappa shape index (κ1) is 14.4. The highest BCUT2D eigenvalue weighted by Gasteiger charge is 2.46. The summed E-state index contributed by atoms with van der Waals surface area (Å²) in [5.41, 5.74) is 1.24. The van der Waals surface area contributed by atoms with Crippen LogP contribution in [0.1, 0.15) is 55.0 Å². The van der Waals surface area contributed by atoms with Gasteiger partial charge in [0, 0.05) is 17.0 Å². The molecule has 1 fully saturated rings. The van der Waals surface area contributed by atoms with E-state index in [1.807, 2.05) is 0 Å². The molecule has 0 amide bonds. The summed E-state index contributed by atoms with van der Waals surface area (Å²) in [7, 11) is 0. The van der Waals surface area contributed by atoms with E-state index in [9.17, 15) is 13.2 Å². The fourth-order valence-electron chi connectivity index (χ4n) is 3.64. The SMILES string of the molecule is FC(F)(F)C1CCCCC1NC1CCCc2sccc21. The van der Waals surface area contributed by atoms with Gasteiger partial charge in [-0.2, -0.15) is 13.2 Å². The molecule has 3 rings (SSSR count). The molecule has 0 saturated heterocycles. The van der Waals surface area contributed by atoms with Crippen LogP contribution in [-0.2, 0) is 6.42 Å². The van der Waals surface area contributed by atoms with Crippen LogP contribution in [0, 0.1) is 5.92 Å². The quantitative estimate of drug-likeness (QED) is 0.824. The molecule has 2 aliphatic rings. The molecule has 20 heavy (non-hydrogen) atoms. The topological polar surface area (TPSA) is 12.0 Å². The lowest BCUT2D eigenvalue weighted by Gasteiger charge is -2.37. The standard InChI is InChI=1S/C15H20F3NS/c16-15(17,18)11-4-1-2-5-13(11)19-12-6-3-7-14-10(12)8-9-20-14/h8-9,11-13,19H,1-7H2. The van der Waals surface area contributed by atoms with Crippen molar-refractivity contribution in [2.45, 2.75) is 63.2 Å². The Kier molecular flexibility index (Phi) is 4.09. The van der Waals surface area contributed by atoms with Crippen molar-refractivity contribution < 1.29 is 13.2 Å². The predicted octanol–water partition coefficient (Wildman–Crippen LogP) is 4.84. The van der Waals surface area contributed by atoms with Gasteiger partial charge in [0.1, 0.15) is 0 Å². The van der Waals surface area contributed by atoms with Crippen LogP contribution < -0.4 is 5.32 Å². The molecule has 1 aromatic rings. The van der Waals surface area contributed by atoms with E-state index < -0.39 is 18.1 Å². The van der Waals surface area contributed by atoms with Gasteiger partial charge < -0.3 is 5.32 Å². The molecule has 1 saturated carbocycles. The minimum absolute atomic E-state index is 0.123. The fourth-order valence-corrected chi connectivity index (χ4v) is 4.63. The molecular formula is C15H20F3NS. The number of thiophene rings is 1. The lowest BCUT2D eigenvalue weighted by atomic mass is 9.82. The molecule has 0 radical (unpaired) electrons. The van der Waals surface area contributed by atoms with Gasteiger partial charge in [0.2, 0.25) is 0 Å². The highest BCUT2D eigenvalue weighted by molar-refractivity contribution is 7.10. The van der Waals surface area contributed by atoms with Gasteiger partial charge in [0.05, 0.1) is 5.92 Å². The van der Waals surface area contributed by atoms with Crippen LogP contribution in [0.4, 0.5) is 13.2 Å². The molecular weight excluding hydrogens is 283 g/mol. The third-order valence-corrected chi connectivity index (χ3v) is 5.65. The van der Waals surface area contributed by atoms with Crippen LogP contribution in [0.25, 0.3) is 0 Å². The normalized spacial score (nSPS) is 31.1. The maximum atomic E-state index is 13.1. The van der Waals surface area contributed by atoms with E-state index in [1.54, 1.807) is 11.3 Å². The average Bonchev–Trinajstić information content (AvgIpc) is 2.87. The molecule has 0 bridgehead atoms. The Morgan fingerprint density at radius 2 is 1.90 bits per heavy atom. The Balaban J connectivity index is 1.74. The fraction of sp³-hybridized carbons (Fsp3) is 0.733. The number of hydrogen-bond acceptors (Lipinski definition) is 2. The van der Waals surface area contributed by atoms with Crippen LogP contribution in [0.3, 0.4) is 0 Å². The summed E-state index contributed by atoms with van der Waals surface area (Å²) in [5, 5.41) is 5.41. The summed E-state index contributed by atoms with van der Waals surface area (Å²) >= 11 is 1.74. The summed E-state index contributed by atoms with van der Waals surface area (Å²) in [6.45, 7) is 0. The summed E-state index contributed by atoms with van der Waals surface area (Å²) < 4.78 is 39.4. The highest BCUT2D eigenvalue weighted by atomic mass is 32.1. The number of nitrogens with one attached hydrogen (secondary N) is 1. The summed E-state index contributed by atoms with van der Waals surface area (Å²) in [6.07, 6.45) is 1.61. The molecule has 1 aromatic heterocycles. The van der Waals surface area contributed by atoms with Gasteiger partial charge in [0.25, 0.3) is 0 Å². The second-order valence-electron chi connectivity index (χ2n) is 5.95. The number of hydrogen-bond donors (Lipinski definition) is 1. The summed E-state index contributed by atoms with van der Waals surface area (Å²) in [6, 6.07) is 1.81. The zero-order valence-corrected chi connectivity index (χ0v) is 12.2. The zero-order valence-electron chi connectivity index (χ0n) is 11.4. The molecule has 112 valence electrons. The van der Waals surface area contributed by atoms with Gasteiger partial charge in [-0.3, -0.25) is 0 Å². The Morgan fingerprint density at radius 1 is 1.10 bits per heavy atom. The third kappa shape index (κ3) is 2.89. The second kappa shape index (κ2) is 5.68. The molecule has 3 atom stereocenters. The number of halogens is 3. The van der Waals surface area contributed by atoms with Crippen LogP contribution in [0.2, 0.25) is 0 Å². The Hall–Kier alpha value is -0.550. The smallest absolute Gasteiger partial charge is 0.307 e. The molecule has 1 heterocycles. The van der Waals surface area contributed by atoms with E-state index in [0.717, 1.165) is 25.7 Å². The molecule has 0 aliphatic heterocycles. The molecule has 2 aliphatic carbocycles. The summed E-state index contributed by atoms with van der Waals surface area (Å²) in [4.78, 5) is 1.35.